The summed E-state index contributed by atoms with van der Waals surface area (Å²) >= 11 is 18.3. The van der Waals surface area contributed by atoms with E-state index in [1.54, 1.807) is 12.1 Å². The van der Waals surface area contributed by atoms with Crippen LogP contribution in [0.4, 0.5) is 0 Å². The maximum Gasteiger partial charge on any atom is 0.0802 e. The van der Waals surface area contributed by atoms with Gasteiger partial charge >= 0.3 is 0 Å². The highest BCUT2D eigenvalue weighted by Gasteiger charge is 2.25. The van der Waals surface area contributed by atoms with Crippen LogP contribution >= 0.6 is 34.8 Å². The highest BCUT2D eigenvalue weighted by Crippen LogP contribution is 2.39. The Morgan fingerprint density at radius 1 is 1.04 bits per heavy atom. The predicted molar refractivity (Wildman–Crippen MR) is 114 cm³/mol. The predicted octanol–water partition coefficient (Wildman–Crippen LogP) is 6.18. The van der Waals surface area contributed by atoms with Gasteiger partial charge in [-0.1, -0.05) is 46.9 Å². The van der Waals surface area contributed by atoms with Crippen LogP contribution in [0.15, 0.2) is 42.0 Å². The van der Waals surface area contributed by atoms with Gasteiger partial charge in [-0.05, 0) is 84.3 Å². The lowest BCUT2D eigenvalue weighted by Gasteiger charge is -2.23. The van der Waals surface area contributed by atoms with Crippen LogP contribution in [0.5, 0.6) is 0 Å². The van der Waals surface area contributed by atoms with E-state index in [9.17, 15) is 5.11 Å². The Kier molecular flexibility index (Phi) is 5.82. The van der Waals surface area contributed by atoms with Crippen molar-refractivity contribution >= 4 is 40.4 Å². The molecule has 0 bridgehead atoms. The fourth-order valence-electron chi connectivity index (χ4n) is 4.18. The summed E-state index contributed by atoms with van der Waals surface area (Å²) in [6.07, 6.45) is 3.41. The zero-order valence-corrected chi connectivity index (χ0v) is 17.3. The van der Waals surface area contributed by atoms with Crippen molar-refractivity contribution in [2.24, 2.45) is 0 Å². The number of rotatable bonds is 4. The van der Waals surface area contributed by atoms with E-state index in [0.29, 0.717) is 16.5 Å². The van der Waals surface area contributed by atoms with Gasteiger partial charge in [-0.3, -0.25) is 4.90 Å². The molecule has 0 aromatic heterocycles. The molecule has 142 valence electrons. The Balaban J connectivity index is 1.41. The first-order valence-corrected chi connectivity index (χ1v) is 10.5. The first-order chi connectivity index (χ1) is 13.0. The molecule has 1 atom stereocenters. The van der Waals surface area contributed by atoms with E-state index in [2.05, 4.69) is 17.0 Å². The molecule has 0 spiro atoms. The lowest BCUT2D eigenvalue weighted by molar-refractivity contribution is 0.145. The fourth-order valence-corrected chi connectivity index (χ4v) is 4.66. The minimum absolute atomic E-state index is 0.486. The maximum absolute atomic E-state index is 10.5. The second-order valence-electron chi connectivity index (χ2n) is 7.42. The van der Waals surface area contributed by atoms with Gasteiger partial charge in [0.05, 0.1) is 16.1 Å². The van der Waals surface area contributed by atoms with Crippen molar-refractivity contribution in [1.82, 2.24) is 4.90 Å². The van der Waals surface area contributed by atoms with Crippen LogP contribution in [-0.2, 0) is 6.42 Å². The Morgan fingerprint density at radius 3 is 2.70 bits per heavy atom. The molecular formula is C22H22Cl3NO. The van der Waals surface area contributed by atoms with Crippen molar-refractivity contribution < 1.29 is 5.11 Å². The van der Waals surface area contributed by atoms with E-state index in [1.807, 2.05) is 12.1 Å². The van der Waals surface area contributed by atoms with Gasteiger partial charge in [0.1, 0.15) is 0 Å². The van der Waals surface area contributed by atoms with E-state index < -0.39 is 6.10 Å². The van der Waals surface area contributed by atoms with E-state index in [-0.39, 0.29) is 0 Å². The first kappa shape index (κ1) is 19.3. The number of halogens is 3. The molecule has 1 unspecified atom stereocenters. The minimum atomic E-state index is -0.531. The summed E-state index contributed by atoms with van der Waals surface area (Å²) in [5.41, 5.74) is 6.55. The van der Waals surface area contributed by atoms with Gasteiger partial charge in [-0.2, -0.15) is 0 Å². The Labute approximate surface area is 175 Å². The third kappa shape index (κ3) is 4.21. The summed E-state index contributed by atoms with van der Waals surface area (Å²) in [6, 6.07) is 11.6. The van der Waals surface area contributed by atoms with Crippen LogP contribution in [0.25, 0.3) is 5.57 Å². The maximum atomic E-state index is 10.5. The third-order valence-electron chi connectivity index (χ3n) is 5.59. The van der Waals surface area contributed by atoms with Gasteiger partial charge in [0.15, 0.2) is 0 Å². The molecule has 27 heavy (non-hydrogen) atoms. The normalized spacial score (nSPS) is 18.2. The van der Waals surface area contributed by atoms with E-state index >= 15 is 0 Å². The van der Waals surface area contributed by atoms with Gasteiger partial charge in [0.2, 0.25) is 0 Å². The number of hydrogen-bond acceptors (Lipinski definition) is 2. The van der Waals surface area contributed by atoms with Crippen LogP contribution < -0.4 is 0 Å². The van der Waals surface area contributed by atoms with Crippen molar-refractivity contribution in [2.75, 3.05) is 19.6 Å². The van der Waals surface area contributed by atoms with E-state index in [1.165, 1.54) is 22.3 Å². The average Bonchev–Trinajstić information content (AvgIpc) is 2.85. The summed E-state index contributed by atoms with van der Waals surface area (Å²) in [4.78, 5) is 2.45. The second-order valence-corrected chi connectivity index (χ2v) is 8.67. The molecule has 2 aromatic rings. The molecule has 2 nitrogen and oxygen atoms in total. The van der Waals surface area contributed by atoms with Crippen LogP contribution in [0.1, 0.15) is 42.1 Å². The summed E-state index contributed by atoms with van der Waals surface area (Å²) in [5.74, 6) is 0. The van der Waals surface area contributed by atoms with Gasteiger partial charge in [0.25, 0.3) is 0 Å². The monoisotopic (exact) mass is 421 g/mol. The number of aliphatic hydroxyl groups is 1. The molecule has 5 heteroatoms. The zero-order chi connectivity index (χ0) is 19.0. The van der Waals surface area contributed by atoms with Gasteiger partial charge in [0, 0.05) is 18.1 Å². The summed E-state index contributed by atoms with van der Waals surface area (Å²) in [5, 5.41) is 12.4. The van der Waals surface area contributed by atoms with Crippen molar-refractivity contribution in [1.29, 1.82) is 0 Å². The number of nitrogens with zero attached hydrogens (tertiary/aromatic N) is 1. The SMILES string of the molecule is OC(CCN1CCCC2=C(Cc3ccc(Cl)cc32)C1)c1ccc(Cl)c(Cl)c1. The lowest BCUT2D eigenvalue weighted by Crippen LogP contribution is -2.28. The number of hydrogen-bond donors (Lipinski definition) is 1. The van der Waals surface area contributed by atoms with Crippen molar-refractivity contribution in [3.05, 3.63) is 73.7 Å². The molecule has 4 rings (SSSR count). The van der Waals surface area contributed by atoms with Crippen molar-refractivity contribution in [3.8, 4) is 0 Å². The van der Waals surface area contributed by atoms with Crippen LogP contribution in [0, 0.1) is 0 Å². The molecule has 0 fully saturated rings. The number of fused-ring (bicyclic) bond motifs is 2. The smallest absolute Gasteiger partial charge is 0.0802 e. The Morgan fingerprint density at radius 2 is 1.89 bits per heavy atom. The second kappa shape index (κ2) is 8.14. The van der Waals surface area contributed by atoms with Gasteiger partial charge in [-0.15, -0.1) is 0 Å². The Hall–Kier alpha value is -1.03. The molecule has 0 radical (unpaired) electrons. The highest BCUT2D eigenvalue weighted by atomic mass is 35.5. The molecule has 1 aliphatic heterocycles. The third-order valence-corrected chi connectivity index (χ3v) is 6.56. The van der Waals surface area contributed by atoms with E-state index in [0.717, 1.165) is 49.5 Å². The first-order valence-electron chi connectivity index (χ1n) is 9.36. The molecular weight excluding hydrogens is 401 g/mol. The molecule has 2 aliphatic rings. The van der Waals surface area contributed by atoms with Crippen molar-refractivity contribution in [2.45, 2.75) is 31.8 Å². The average molecular weight is 423 g/mol. The molecule has 1 N–H and O–H groups in total. The summed E-state index contributed by atoms with van der Waals surface area (Å²) in [7, 11) is 0. The van der Waals surface area contributed by atoms with E-state index in [4.69, 9.17) is 34.8 Å². The zero-order valence-electron chi connectivity index (χ0n) is 15.0. The van der Waals surface area contributed by atoms with Gasteiger partial charge in [-0.25, -0.2) is 0 Å². The lowest BCUT2D eigenvalue weighted by atomic mass is 10.0. The minimum Gasteiger partial charge on any atom is -0.388 e. The molecule has 2 aromatic carbocycles. The molecule has 0 amide bonds. The van der Waals surface area contributed by atoms with Gasteiger partial charge < -0.3 is 5.11 Å². The summed E-state index contributed by atoms with van der Waals surface area (Å²) in [6.45, 7) is 2.88. The fraction of sp³-hybridized carbons (Fsp3) is 0.364. The summed E-state index contributed by atoms with van der Waals surface area (Å²) < 4.78 is 0. The van der Waals surface area contributed by atoms with Crippen LogP contribution in [-0.4, -0.2) is 29.6 Å². The van der Waals surface area contributed by atoms with Crippen LogP contribution in [0.2, 0.25) is 15.1 Å². The topological polar surface area (TPSA) is 23.5 Å². The van der Waals surface area contributed by atoms with Crippen LogP contribution in [0.3, 0.4) is 0 Å². The quantitative estimate of drug-likeness (QED) is 0.636. The molecule has 0 saturated carbocycles. The molecule has 0 saturated heterocycles. The standard InChI is InChI=1S/C22H22Cl3NO/c23-17-5-3-14-10-16-13-26(8-1-2-18(16)19(14)12-17)9-7-22(27)15-4-6-20(24)21(25)11-15/h3-6,11-12,22,27H,1-2,7-10,13H2. The highest BCUT2D eigenvalue weighted by molar-refractivity contribution is 6.42. The Bertz CT molecular complexity index is 893. The number of aliphatic hydroxyl groups excluding tert-OH is 1. The number of benzene rings is 2. The largest absolute Gasteiger partial charge is 0.388 e. The number of allylic oxidation sites excluding steroid dienone is 1. The molecule has 1 aliphatic carbocycles. The molecule has 1 heterocycles. The van der Waals surface area contributed by atoms with Crippen molar-refractivity contribution in [3.63, 3.8) is 0 Å².